The Morgan fingerprint density at radius 3 is 2.62 bits per heavy atom. The zero-order chi connectivity index (χ0) is 18.6. The third-order valence-corrected chi connectivity index (χ3v) is 3.58. The predicted octanol–water partition coefficient (Wildman–Crippen LogP) is -0.702. The molecule has 5 N–H and O–H groups in total. The van der Waals surface area contributed by atoms with E-state index in [2.05, 4.69) is 4.98 Å². The molecule has 0 aliphatic heterocycles. The standard InChI is InChI=1S/C16H20N2O6/c1-24-14-5-3-9-2-4-10(6-11(9)18-14)17-12(7-19)15(22)16(23)13(21)8-20/h2-7,12-13,15-17,20-23H,8H2,1H3/t12-,13+,15+,16+/m0/s1/i/hD. The van der Waals surface area contributed by atoms with Crippen LogP contribution in [0.3, 0.4) is 0 Å². The Morgan fingerprint density at radius 2 is 2.00 bits per heavy atom. The van der Waals surface area contributed by atoms with Crippen molar-refractivity contribution in [2.45, 2.75) is 24.4 Å². The van der Waals surface area contributed by atoms with Crippen molar-refractivity contribution < 1.29 is 31.4 Å². The van der Waals surface area contributed by atoms with Crippen LogP contribution in [0, 0.1) is 0 Å². The fourth-order valence-electron chi connectivity index (χ4n) is 2.18. The first kappa shape index (κ1) is 16.6. The summed E-state index contributed by atoms with van der Waals surface area (Å²) in [7, 11) is 1.47. The summed E-state index contributed by atoms with van der Waals surface area (Å²) in [6.45, 7) is -0.790. The summed E-state index contributed by atoms with van der Waals surface area (Å²) in [6, 6.07) is 6.79. The molecule has 8 nitrogen and oxygen atoms in total. The number of aldehydes is 1. The average Bonchev–Trinajstić information content (AvgIpc) is 2.65. The topological polar surface area (TPSA) is 132 Å². The Balaban J connectivity index is 2.31. The number of aliphatic hydroxyl groups excluding tert-OH is 4. The van der Waals surface area contributed by atoms with Gasteiger partial charge in [-0.25, -0.2) is 4.98 Å². The number of aromatic nitrogens is 1. The van der Waals surface area contributed by atoms with Crippen molar-refractivity contribution in [3.05, 3.63) is 30.3 Å². The van der Waals surface area contributed by atoms with Crippen LogP contribution in [-0.4, -0.2) is 69.8 Å². The molecule has 0 saturated carbocycles. The van der Waals surface area contributed by atoms with E-state index < -0.39 is 31.0 Å². The quantitative estimate of drug-likeness (QED) is 0.399. The number of pyridine rings is 1. The molecule has 0 bridgehead atoms. The first-order chi connectivity index (χ1) is 11.9. The molecule has 24 heavy (non-hydrogen) atoms. The fraction of sp³-hybridized carbons (Fsp3) is 0.375. The van der Waals surface area contributed by atoms with E-state index in [-0.39, 0.29) is 12.0 Å². The van der Waals surface area contributed by atoms with Crippen LogP contribution < -0.4 is 10.0 Å². The maximum absolute atomic E-state index is 11.3. The molecular formula is C16H20N2O6. The molecule has 4 atom stereocenters. The second-order valence-corrected chi connectivity index (χ2v) is 5.22. The van der Waals surface area contributed by atoms with E-state index in [0.717, 1.165) is 5.39 Å². The van der Waals surface area contributed by atoms with Crippen LogP contribution in [0.25, 0.3) is 10.9 Å². The van der Waals surface area contributed by atoms with E-state index in [4.69, 9.17) is 11.3 Å². The van der Waals surface area contributed by atoms with Crippen LogP contribution >= 0.6 is 0 Å². The number of carbonyl (C=O) groups excluding carboxylic acids is 1. The second kappa shape index (κ2) is 8.02. The van der Waals surface area contributed by atoms with Crippen molar-refractivity contribution in [3.8, 4) is 5.88 Å². The number of fused-ring (bicyclic) bond motifs is 1. The van der Waals surface area contributed by atoms with Crippen LogP contribution in [0.5, 0.6) is 5.88 Å². The monoisotopic (exact) mass is 337 g/mol. The number of ether oxygens (including phenoxy) is 1. The van der Waals surface area contributed by atoms with E-state index in [1.165, 1.54) is 13.2 Å². The van der Waals surface area contributed by atoms with Gasteiger partial charge >= 0.3 is 0 Å². The van der Waals surface area contributed by atoms with Crippen molar-refractivity contribution >= 4 is 22.9 Å². The van der Waals surface area contributed by atoms with Gasteiger partial charge in [-0.1, -0.05) is 6.07 Å². The molecule has 2 rings (SSSR count). The molecule has 0 saturated heterocycles. The highest BCUT2D eigenvalue weighted by atomic mass is 16.5. The van der Waals surface area contributed by atoms with Gasteiger partial charge in [-0.2, -0.15) is 0 Å². The van der Waals surface area contributed by atoms with Gasteiger partial charge in [0.1, 0.15) is 30.6 Å². The minimum Gasteiger partial charge on any atom is -0.481 e. The molecule has 0 unspecified atom stereocenters. The van der Waals surface area contributed by atoms with Gasteiger partial charge in [0.2, 0.25) is 5.88 Å². The Bertz CT molecular complexity index is 731. The number of rotatable bonds is 8. The van der Waals surface area contributed by atoms with E-state index in [0.29, 0.717) is 16.7 Å². The number of hydrogen-bond acceptors (Lipinski definition) is 8. The summed E-state index contributed by atoms with van der Waals surface area (Å²) in [5.74, 6) is 0.384. The smallest absolute Gasteiger partial charge is 0.213 e. The summed E-state index contributed by atoms with van der Waals surface area (Å²) in [5.41, 5.74) is 0.763. The van der Waals surface area contributed by atoms with Gasteiger partial charge < -0.3 is 35.3 Å². The molecule has 0 aliphatic rings. The van der Waals surface area contributed by atoms with Gasteiger partial charge in [0.15, 0.2) is 1.41 Å². The summed E-state index contributed by atoms with van der Waals surface area (Å²) >= 11 is 0. The Labute approximate surface area is 139 Å². The van der Waals surface area contributed by atoms with Gasteiger partial charge in [0.25, 0.3) is 0 Å². The maximum atomic E-state index is 11.3. The van der Waals surface area contributed by atoms with Gasteiger partial charge in [0, 0.05) is 17.1 Å². The predicted molar refractivity (Wildman–Crippen MR) is 86.9 cm³/mol. The lowest BCUT2D eigenvalue weighted by Gasteiger charge is -2.26. The normalized spacial score (nSPS) is 16.8. The molecular weight excluding hydrogens is 316 g/mol. The molecule has 2 aromatic rings. The zero-order valence-corrected chi connectivity index (χ0v) is 13.0. The van der Waals surface area contributed by atoms with E-state index in [1.807, 2.05) is 0 Å². The highest BCUT2D eigenvalue weighted by Gasteiger charge is 2.31. The van der Waals surface area contributed by atoms with Crippen LogP contribution in [0.2, 0.25) is 1.41 Å². The number of nitrogens with one attached hydrogen (secondary N) is 1. The number of hydrogen-bond donors (Lipinski definition) is 5. The number of aliphatic hydroxyl groups is 4. The lowest BCUT2D eigenvalue weighted by molar-refractivity contribution is -0.117. The number of nitrogens with zero attached hydrogens (tertiary/aromatic N) is 1. The summed E-state index contributed by atoms with van der Waals surface area (Å²) in [4.78, 5) is 15.6. The van der Waals surface area contributed by atoms with Crippen LogP contribution in [0.4, 0.5) is 5.69 Å². The Morgan fingerprint density at radius 1 is 1.29 bits per heavy atom. The van der Waals surface area contributed by atoms with Gasteiger partial charge in [-0.3, -0.25) is 0 Å². The van der Waals surface area contributed by atoms with Crippen LogP contribution in [0.15, 0.2) is 30.3 Å². The number of anilines is 1. The highest BCUT2D eigenvalue weighted by molar-refractivity contribution is 5.83. The average molecular weight is 337 g/mol. The Kier molecular flexibility index (Phi) is 5.55. The van der Waals surface area contributed by atoms with E-state index in [1.54, 1.807) is 24.3 Å². The Hall–Kier alpha value is -2.26. The molecule has 1 aromatic carbocycles. The molecule has 0 radical (unpaired) electrons. The molecule has 8 heteroatoms. The van der Waals surface area contributed by atoms with Gasteiger partial charge in [0.05, 0.1) is 19.2 Å². The first-order valence-corrected chi connectivity index (χ1v) is 7.26. The first-order valence-electron chi connectivity index (χ1n) is 7.71. The van der Waals surface area contributed by atoms with Crippen LogP contribution in [0.1, 0.15) is 0 Å². The summed E-state index contributed by atoms with van der Waals surface area (Å²) in [6.07, 6.45) is -4.90. The molecule has 0 aliphatic carbocycles. The number of carbonyl (C=O) groups is 1. The van der Waals surface area contributed by atoms with Gasteiger partial charge in [-0.15, -0.1) is 0 Å². The minimum atomic E-state index is -1.79. The molecule has 1 heterocycles. The third-order valence-electron chi connectivity index (χ3n) is 3.58. The van der Waals surface area contributed by atoms with Crippen molar-refractivity contribution in [1.29, 1.82) is 0 Å². The largest absolute Gasteiger partial charge is 0.481 e. The zero-order valence-electron chi connectivity index (χ0n) is 14.0. The van der Waals surface area contributed by atoms with Crippen molar-refractivity contribution in [1.82, 2.24) is 4.98 Å². The van der Waals surface area contributed by atoms with Gasteiger partial charge in [-0.05, 0) is 18.2 Å². The van der Waals surface area contributed by atoms with E-state index >= 15 is 0 Å². The number of methoxy groups -OCH3 is 1. The molecule has 130 valence electrons. The van der Waals surface area contributed by atoms with Crippen molar-refractivity contribution in [2.75, 3.05) is 19.0 Å². The summed E-state index contributed by atoms with van der Waals surface area (Å²) < 4.78 is 13.1. The third kappa shape index (κ3) is 3.98. The van der Waals surface area contributed by atoms with Crippen molar-refractivity contribution in [2.24, 2.45) is 0 Å². The summed E-state index contributed by atoms with van der Waals surface area (Å²) in [5, 5.41) is 39.6. The number of benzene rings is 1. The minimum absolute atomic E-state index is 0.245. The van der Waals surface area contributed by atoms with Crippen LogP contribution in [-0.2, 0) is 4.79 Å². The molecule has 0 fully saturated rings. The highest BCUT2D eigenvalue weighted by Crippen LogP contribution is 2.21. The molecule has 0 amide bonds. The van der Waals surface area contributed by atoms with E-state index in [9.17, 15) is 20.1 Å². The molecule has 0 spiro atoms. The van der Waals surface area contributed by atoms with Crippen molar-refractivity contribution in [3.63, 3.8) is 0 Å². The molecule has 1 aromatic heterocycles. The lowest BCUT2D eigenvalue weighted by atomic mass is 10.0. The fourth-order valence-corrected chi connectivity index (χ4v) is 2.18. The SMILES string of the molecule is [2H]N(c1ccc2ccc(OC)nc2c1)[C@@H](C=O)[C@@H](O)[C@H](O)[C@H](O)CO. The maximum Gasteiger partial charge on any atom is 0.213 e. The second-order valence-electron chi connectivity index (χ2n) is 5.22. The lowest BCUT2D eigenvalue weighted by Crippen LogP contribution is -2.49.